The molecule has 0 radical (unpaired) electrons. The third kappa shape index (κ3) is 4.05. The fourth-order valence-electron chi connectivity index (χ4n) is 3.52. The number of amides is 1. The number of aryl methyl sites for hydroxylation is 2. The lowest BCUT2D eigenvalue weighted by Gasteiger charge is -2.10. The predicted molar refractivity (Wildman–Crippen MR) is 108 cm³/mol. The van der Waals surface area contributed by atoms with Gasteiger partial charge >= 0.3 is 6.18 Å². The van der Waals surface area contributed by atoms with E-state index in [2.05, 4.69) is 15.4 Å². The first-order chi connectivity index (χ1) is 14.6. The van der Waals surface area contributed by atoms with Gasteiger partial charge in [-0.3, -0.25) is 14.8 Å². The van der Waals surface area contributed by atoms with Gasteiger partial charge in [0.1, 0.15) is 5.76 Å². The minimum atomic E-state index is -4.49. The molecule has 1 amide bonds. The van der Waals surface area contributed by atoms with E-state index in [1.165, 1.54) is 12.3 Å². The maximum atomic E-state index is 13.1. The van der Waals surface area contributed by atoms with E-state index in [-0.39, 0.29) is 30.3 Å². The summed E-state index contributed by atoms with van der Waals surface area (Å²) in [5.41, 5.74) is 2.19. The van der Waals surface area contributed by atoms with Crippen molar-refractivity contribution in [2.24, 2.45) is 7.05 Å². The van der Waals surface area contributed by atoms with Crippen LogP contribution in [0.2, 0.25) is 0 Å². The molecule has 0 fully saturated rings. The highest BCUT2D eigenvalue weighted by Crippen LogP contribution is 2.32. The van der Waals surface area contributed by atoms with Crippen LogP contribution in [0, 0.1) is 13.8 Å². The number of halogens is 3. The van der Waals surface area contributed by atoms with Crippen molar-refractivity contribution in [3.8, 4) is 0 Å². The molecule has 7 nitrogen and oxygen atoms in total. The summed E-state index contributed by atoms with van der Waals surface area (Å²) in [7, 11) is 1.80. The summed E-state index contributed by atoms with van der Waals surface area (Å²) in [4.78, 5) is 17.0. The standard InChI is InChI=1S/C21H20F3N5O2/c1-12-16(13(2)28(3)27-12)10-19(30)26-20-25-17-9-14(21(22,23)24)6-7-18(17)29(20)11-15-5-4-8-31-15/h4-9H,10-11H2,1-3H3,(H,25,26,30). The summed E-state index contributed by atoms with van der Waals surface area (Å²) in [6.07, 6.45) is -2.91. The largest absolute Gasteiger partial charge is 0.467 e. The molecular weight excluding hydrogens is 411 g/mol. The average molecular weight is 431 g/mol. The molecule has 0 aliphatic rings. The van der Waals surface area contributed by atoms with Crippen LogP contribution in [0.25, 0.3) is 11.0 Å². The van der Waals surface area contributed by atoms with E-state index in [4.69, 9.17) is 4.42 Å². The summed E-state index contributed by atoms with van der Waals surface area (Å²) in [6, 6.07) is 6.76. The summed E-state index contributed by atoms with van der Waals surface area (Å²) in [5.74, 6) is 0.384. The van der Waals surface area contributed by atoms with Gasteiger partial charge in [-0.1, -0.05) is 0 Å². The van der Waals surface area contributed by atoms with E-state index < -0.39 is 11.7 Å². The van der Waals surface area contributed by atoms with Crippen LogP contribution in [-0.2, 0) is 31.0 Å². The molecule has 0 aliphatic heterocycles. The second-order valence-electron chi connectivity index (χ2n) is 7.30. The first-order valence-corrected chi connectivity index (χ1v) is 9.52. The number of hydrogen-bond acceptors (Lipinski definition) is 4. The average Bonchev–Trinajstić information content (AvgIpc) is 3.38. The normalized spacial score (nSPS) is 11.9. The second kappa shape index (κ2) is 7.60. The fraction of sp³-hybridized carbons (Fsp3) is 0.286. The SMILES string of the molecule is Cc1nn(C)c(C)c1CC(=O)Nc1nc2cc(C(F)(F)F)ccc2n1Cc1ccco1. The van der Waals surface area contributed by atoms with Gasteiger partial charge in [-0.2, -0.15) is 18.3 Å². The van der Waals surface area contributed by atoms with Crippen molar-refractivity contribution < 1.29 is 22.4 Å². The summed E-state index contributed by atoms with van der Waals surface area (Å²) >= 11 is 0. The van der Waals surface area contributed by atoms with Crippen molar-refractivity contribution in [3.05, 3.63) is 64.9 Å². The molecule has 1 aromatic carbocycles. The number of carbonyl (C=O) groups is 1. The van der Waals surface area contributed by atoms with Crippen LogP contribution in [0.1, 0.15) is 28.3 Å². The number of carbonyl (C=O) groups excluding carboxylic acids is 1. The van der Waals surface area contributed by atoms with Gasteiger partial charge in [0.25, 0.3) is 0 Å². The van der Waals surface area contributed by atoms with E-state index in [9.17, 15) is 18.0 Å². The number of alkyl halides is 3. The second-order valence-corrected chi connectivity index (χ2v) is 7.30. The monoisotopic (exact) mass is 431 g/mol. The highest BCUT2D eigenvalue weighted by Gasteiger charge is 2.31. The molecule has 10 heteroatoms. The lowest BCUT2D eigenvalue weighted by molar-refractivity contribution is -0.137. The Morgan fingerprint density at radius 3 is 2.61 bits per heavy atom. The summed E-state index contributed by atoms with van der Waals surface area (Å²) in [6.45, 7) is 3.89. The lowest BCUT2D eigenvalue weighted by atomic mass is 10.1. The zero-order chi connectivity index (χ0) is 22.3. The van der Waals surface area contributed by atoms with Crippen molar-refractivity contribution in [3.63, 3.8) is 0 Å². The van der Waals surface area contributed by atoms with Crippen molar-refractivity contribution in [1.82, 2.24) is 19.3 Å². The Hall–Kier alpha value is -3.56. The topological polar surface area (TPSA) is 77.9 Å². The quantitative estimate of drug-likeness (QED) is 0.513. The Morgan fingerprint density at radius 1 is 1.23 bits per heavy atom. The minimum absolute atomic E-state index is 0.0727. The molecule has 0 unspecified atom stereocenters. The van der Waals surface area contributed by atoms with Gasteiger partial charge in [-0.25, -0.2) is 4.98 Å². The van der Waals surface area contributed by atoms with Crippen LogP contribution < -0.4 is 5.32 Å². The van der Waals surface area contributed by atoms with Crippen molar-refractivity contribution in [2.45, 2.75) is 33.0 Å². The Balaban J connectivity index is 1.70. The number of fused-ring (bicyclic) bond motifs is 1. The highest BCUT2D eigenvalue weighted by atomic mass is 19.4. The third-order valence-corrected chi connectivity index (χ3v) is 5.22. The highest BCUT2D eigenvalue weighted by molar-refractivity contribution is 5.93. The molecule has 0 saturated heterocycles. The zero-order valence-electron chi connectivity index (χ0n) is 17.1. The molecule has 31 heavy (non-hydrogen) atoms. The van der Waals surface area contributed by atoms with Gasteiger partial charge in [0.05, 0.1) is 41.5 Å². The van der Waals surface area contributed by atoms with Gasteiger partial charge in [0.15, 0.2) is 0 Å². The zero-order valence-corrected chi connectivity index (χ0v) is 17.1. The van der Waals surface area contributed by atoms with E-state index >= 15 is 0 Å². The molecule has 0 aliphatic carbocycles. The number of aromatic nitrogens is 4. The van der Waals surface area contributed by atoms with Crippen LogP contribution in [0.5, 0.6) is 0 Å². The number of nitrogens with zero attached hydrogens (tertiary/aromatic N) is 4. The minimum Gasteiger partial charge on any atom is -0.467 e. The lowest BCUT2D eigenvalue weighted by Crippen LogP contribution is -2.19. The Morgan fingerprint density at radius 2 is 2.00 bits per heavy atom. The van der Waals surface area contributed by atoms with E-state index in [0.29, 0.717) is 11.3 Å². The molecule has 0 spiro atoms. The summed E-state index contributed by atoms with van der Waals surface area (Å²) in [5, 5.41) is 7.04. The van der Waals surface area contributed by atoms with E-state index in [1.54, 1.807) is 28.4 Å². The number of anilines is 1. The fourth-order valence-corrected chi connectivity index (χ4v) is 3.52. The molecule has 0 saturated carbocycles. The molecule has 4 aromatic rings. The maximum Gasteiger partial charge on any atom is 0.416 e. The Kier molecular flexibility index (Phi) is 5.08. The molecule has 162 valence electrons. The molecule has 1 N–H and O–H groups in total. The van der Waals surface area contributed by atoms with Gasteiger partial charge in [0, 0.05) is 18.3 Å². The van der Waals surface area contributed by atoms with E-state index in [0.717, 1.165) is 29.1 Å². The van der Waals surface area contributed by atoms with Gasteiger partial charge in [-0.05, 0) is 44.2 Å². The molecule has 3 aromatic heterocycles. The smallest absolute Gasteiger partial charge is 0.416 e. The third-order valence-electron chi connectivity index (χ3n) is 5.22. The Labute approximate surface area is 175 Å². The maximum absolute atomic E-state index is 13.1. The number of imidazole rings is 1. The van der Waals surface area contributed by atoms with Crippen LogP contribution >= 0.6 is 0 Å². The van der Waals surface area contributed by atoms with Gasteiger partial charge in [-0.15, -0.1) is 0 Å². The molecule has 3 heterocycles. The number of benzene rings is 1. The number of furan rings is 1. The molecule has 4 rings (SSSR count). The number of rotatable bonds is 5. The molecule has 0 atom stereocenters. The number of nitrogens with one attached hydrogen (secondary N) is 1. The van der Waals surface area contributed by atoms with Crippen molar-refractivity contribution in [2.75, 3.05) is 5.32 Å². The van der Waals surface area contributed by atoms with Gasteiger partial charge < -0.3 is 8.98 Å². The number of hydrogen-bond donors (Lipinski definition) is 1. The van der Waals surface area contributed by atoms with Crippen LogP contribution in [0.3, 0.4) is 0 Å². The van der Waals surface area contributed by atoms with Crippen molar-refractivity contribution in [1.29, 1.82) is 0 Å². The van der Waals surface area contributed by atoms with Crippen LogP contribution in [0.15, 0.2) is 41.0 Å². The first kappa shape index (κ1) is 20.7. The molecular formula is C21H20F3N5O2. The van der Waals surface area contributed by atoms with Crippen molar-refractivity contribution >= 4 is 22.9 Å². The summed E-state index contributed by atoms with van der Waals surface area (Å²) < 4.78 is 48.1. The van der Waals surface area contributed by atoms with Crippen LogP contribution in [0.4, 0.5) is 19.1 Å². The van der Waals surface area contributed by atoms with Gasteiger partial charge in [0.2, 0.25) is 11.9 Å². The van der Waals surface area contributed by atoms with E-state index in [1.807, 2.05) is 13.8 Å². The Bertz CT molecular complexity index is 1250. The predicted octanol–water partition coefficient (Wildman–Crippen LogP) is 4.23. The van der Waals surface area contributed by atoms with Crippen LogP contribution in [-0.4, -0.2) is 25.2 Å². The first-order valence-electron chi connectivity index (χ1n) is 9.52. The molecule has 0 bridgehead atoms.